The molecule has 2 atom stereocenters. The second-order valence-electron chi connectivity index (χ2n) is 9.88. The van der Waals surface area contributed by atoms with E-state index in [0.29, 0.717) is 30.6 Å². The number of nitrogens with one attached hydrogen (secondary N) is 1. The Hall–Kier alpha value is -4.71. The summed E-state index contributed by atoms with van der Waals surface area (Å²) in [4.78, 5) is 62.5. The molecule has 0 spiro atoms. The van der Waals surface area contributed by atoms with Gasteiger partial charge in [-0.05, 0) is 54.7 Å². The molecule has 11 nitrogen and oxygen atoms in total. The molecule has 5 rings (SSSR count). The number of hydrogen-bond donors (Lipinski definition) is 1. The van der Waals surface area contributed by atoms with Crippen LogP contribution in [0.4, 0.5) is 15.3 Å². The molecule has 3 aromatic rings. The molecule has 43 heavy (non-hydrogen) atoms. The lowest BCUT2D eigenvalue weighted by Gasteiger charge is -2.23. The fourth-order valence-corrected chi connectivity index (χ4v) is 5.97. The number of amidine groups is 1. The first-order valence-corrected chi connectivity index (χ1v) is 14.8. The second kappa shape index (κ2) is 14.0. The van der Waals surface area contributed by atoms with Crippen LogP contribution < -0.4 is 5.32 Å². The molecule has 1 aromatic heterocycles. The molecule has 1 N–H and O–H groups in total. The minimum Gasteiger partial charge on any atom is -0.448 e. The third-order valence-electron chi connectivity index (χ3n) is 6.94. The summed E-state index contributed by atoms with van der Waals surface area (Å²) in [7, 11) is 0. The van der Waals surface area contributed by atoms with E-state index in [9.17, 15) is 19.2 Å². The normalized spacial score (nSPS) is 19.0. The molecule has 0 saturated carbocycles. The van der Waals surface area contributed by atoms with E-state index in [-0.39, 0.29) is 36.7 Å². The van der Waals surface area contributed by atoms with Gasteiger partial charge in [0, 0.05) is 24.6 Å². The van der Waals surface area contributed by atoms with Crippen molar-refractivity contribution in [1.29, 1.82) is 0 Å². The fourth-order valence-electron chi connectivity index (χ4n) is 4.83. The van der Waals surface area contributed by atoms with Crippen LogP contribution in [0, 0.1) is 0 Å². The number of thioether (sulfide) groups is 1. The zero-order valence-electron chi connectivity index (χ0n) is 23.5. The molecule has 0 radical (unpaired) electrons. The van der Waals surface area contributed by atoms with Crippen LogP contribution in [0.1, 0.15) is 41.7 Å². The number of rotatable bonds is 8. The van der Waals surface area contributed by atoms with Crippen LogP contribution in [-0.4, -0.2) is 63.1 Å². The van der Waals surface area contributed by atoms with Crippen LogP contribution in [0.3, 0.4) is 0 Å². The molecule has 3 heterocycles. The molecule has 2 aliphatic rings. The number of hydrogen-bond acceptors (Lipinski definition) is 8. The molecule has 0 bridgehead atoms. The fraction of sp³-hybridized carbons (Fsp3) is 0.290. The van der Waals surface area contributed by atoms with Crippen molar-refractivity contribution >= 4 is 46.6 Å². The molecular formula is C31H31N5O6S. The molecule has 2 saturated heterocycles. The van der Waals surface area contributed by atoms with Crippen LogP contribution in [0.15, 0.2) is 84.1 Å². The van der Waals surface area contributed by atoms with E-state index in [1.165, 1.54) is 9.80 Å². The van der Waals surface area contributed by atoms with Crippen LogP contribution in [-0.2, 0) is 32.2 Å². The average Bonchev–Trinajstić information content (AvgIpc) is 3.63. The van der Waals surface area contributed by atoms with Crippen molar-refractivity contribution in [3.63, 3.8) is 0 Å². The number of anilines is 1. The third kappa shape index (κ3) is 7.39. The number of pyridine rings is 1. The zero-order chi connectivity index (χ0) is 30.2. The summed E-state index contributed by atoms with van der Waals surface area (Å²) in [6, 6.07) is 19.3. The Morgan fingerprint density at radius 3 is 2.51 bits per heavy atom. The van der Waals surface area contributed by atoms with Gasteiger partial charge in [0.15, 0.2) is 5.17 Å². The standard InChI is InChI=1S/C31H31N5O6S/c1-2-41-30(39)34-29-36(19-22-10-6-16-32-18-22)28(38)26(43-29)23-12-14-24(15-13-23)33-27(37)25-11-7-17-35(25)31(40)42-20-21-8-4-3-5-9-21/h3-6,8-10,12-16,18,25-26H,2,7,11,17,19-20H2,1H3,(H,33,37)/b34-29-/t25-,26?/m1/s1. The van der Waals surface area contributed by atoms with Crippen molar-refractivity contribution in [2.45, 2.75) is 44.2 Å². The first kappa shape index (κ1) is 29.8. The monoisotopic (exact) mass is 601 g/mol. The van der Waals surface area contributed by atoms with Crippen molar-refractivity contribution in [2.75, 3.05) is 18.5 Å². The summed E-state index contributed by atoms with van der Waals surface area (Å²) in [6.07, 6.45) is 3.24. The second-order valence-corrected chi connectivity index (χ2v) is 11.0. The number of likely N-dealkylation sites (tertiary alicyclic amines) is 1. The predicted octanol–water partition coefficient (Wildman–Crippen LogP) is 5.15. The lowest BCUT2D eigenvalue weighted by Crippen LogP contribution is -2.43. The molecule has 0 aliphatic carbocycles. The quantitative estimate of drug-likeness (QED) is 0.375. The number of aromatic nitrogens is 1. The van der Waals surface area contributed by atoms with E-state index in [0.717, 1.165) is 22.9 Å². The predicted molar refractivity (Wildman–Crippen MR) is 161 cm³/mol. The zero-order valence-corrected chi connectivity index (χ0v) is 24.4. The summed E-state index contributed by atoms with van der Waals surface area (Å²) in [5, 5.41) is 2.49. The van der Waals surface area contributed by atoms with Gasteiger partial charge in [-0.15, -0.1) is 0 Å². The Bertz CT molecular complexity index is 1490. The van der Waals surface area contributed by atoms with Gasteiger partial charge in [0.1, 0.15) is 17.9 Å². The highest BCUT2D eigenvalue weighted by molar-refractivity contribution is 8.15. The molecule has 2 aliphatic heterocycles. The van der Waals surface area contributed by atoms with E-state index >= 15 is 0 Å². The Balaban J connectivity index is 1.23. The van der Waals surface area contributed by atoms with E-state index in [1.54, 1.807) is 49.6 Å². The highest BCUT2D eigenvalue weighted by atomic mass is 32.2. The molecule has 4 amide bonds. The Labute approximate surface area is 253 Å². The summed E-state index contributed by atoms with van der Waals surface area (Å²) in [6.45, 7) is 2.63. The first-order chi connectivity index (χ1) is 20.9. The van der Waals surface area contributed by atoms with Gasteiger partial charge in [-0.25, -0.2) is 9.59 Å². The number of amides is 4. The van der Waals surface area contributed by atoms with Gasteiger partial charge in [0.05, 0.1) is 13.2 Å². The van der Waals surface area contributed by atoms with E-state index in [1.807, 2.05) is 36.4 Å². The van der Waals surface area contributed by atoms with Gasteiger partial charge in [0.2, 0.25) is 11.8 Å². The molecule has 2 aromatic carbocycles. The Morgan fingerprint density at radius 1 is 1.02 bits per heavy atom. The summed E-state index contributed by atoms with van der Waals surface area (Å²) in [5.41, 5.74) is 2.87. The van der Waals surface area contributed by atoms with Gasteiger partial charge >= 0.3 is 12.2 Å². The molecule has 12 heteroatoms. The number of ether oxygens (including phenoxy) is 2. The maximum atomic E-state index is 13.5. The average molecular weight is 602 g/mol. The van der Waals surface area contributed by atoms with Crippen molar-refractivity contribution in [1.82, 2.24) is 14.8 Å². The maximum Gasteiger partial charge on any atom is 0.436 e. The number of carbonyl (C=O) groups excluding carboxylic acids is 4. The van der Waals surface area contributed by atoms with E-state index in [4.69, 9.17) is 9.47 Å². The van der Waals surface area contributed by atoms with E-state index < -0.39 is 23.5 Å². The van der Waals surface area contributed by atoms with Crippen LogP contribution >= 0.6 is 11.8 Å². The van der Waals surface area contributed by atoms with Gasteiger partial charge in [-0.3, -0.25) is 24.4 Å². The topological polar surface area (TPSA) is 130 Å². The molecule has 1 unspecified atom stereocenters. The number of aliphatic imine (C=N–C) groups is 1. The van der Waals surface area contributed by atoms with E-state index in [2.05, 4.69) is 15.3 Å². The lowest BCUT2D eigenvalue weighted by atomic mass is 10.1. The van der Waals surface area contributed by atoms with Crippen molar-refractivity contribution in [3.8, 4) is 0 Å². The van der Waals surface area contributed by atoms with Crippen LogP contribution in [0.2, 0.25) is 0 Å². The Morgan fingerprint density at radius 2 is 1.79 bits per heavy atom. The molecule has 2 fully saturated rings. The van der Waals surface area contributed by atoms with Gasteiger partial charge < -0.3 is 14.8 Å². The number of carbonyl (C=O) groups is 4. The minimum atomic E-state index is -0.766. The largest absolute Gasteiger partial charge is 0.448 e. The minimum absolute atomic E-state index is 0.135. The van der Waals surface area contributed by atoms with Crippen molar-refractivity contribution < 1.29 is 28.7 Å². The molecule has 222 valence electrons. The van der Waals surface area contributed by atoms with Gasteiger partial charge in [-0.2, -0.15) is 4.99 Å². The summed E-state index contributed by atoms with van der Waals surface area (Å²) >= 11 is 1.16. The van der Waals surface area contributed by atoms with Crippen LogP contribution in [0.25, 0.3) is 0 Å². The third-order valence-corrected chi connectivity index (χ3v) is 8.17. The van der Waals surface area contributed by atoms with Gasteiger partial charge in [-0.1, -0.05) is 60.3 Å². The van der Waals surface area contributed by atoms with Gasteiger partial charge in [0.25, 0.3) is 0 Å². The first-order valence-electron chi connectivity index (χ1n) is 13.9. The highest BCUT2D eigenvalue weighted by Crippen LogP contribution is 2.40. The van der Waals surface area contributed by atoms with Crippen LogP contribution in [0.5, 0.6) is 0 Å². The number of benzene rings is 2. The summed E-state index contributed by atoms with van der Waals surface area (Å²) in [5.74, 6) is -0.538. The summed E-state index contributed by atoms with van der Waals surface area (Å²) < 4.78 is 10.4. The SMILES string of the molecule is CCOC(=O)/N=C1\SC(c2ccc(NC(=O)[C@H]3CCCN3C(=O)OCc3ccccc3)cc2)C(=O)N1Cc1cccnc1. The Kier molecular flexibility index (Phi) is 9.67. The smallest absolute Gasteiger partial charge is 0.436 e. The lowest BCUT2D eigenvalue weighted by molar-refractivity contribution is -0.126. The maximum absolute atomic E-state index is 13.5. The highest BCUT2D eigenvalue weighted by Gasteiger charge is 2.40. The van der Waals surface area contributed by atoms with Crippen molar-refractivity contribution in [2.24, 2.45) is 4.99 Å². The van der Waals surface area contributed by atoms with Crippen molar-refractivity contribution in [3.05, 3.63) is 95.8 Å². The number of nitrogens with zero attached hydrogens (tertiary/aromatic N) is 4. The molecular weight excluding hydrogens is 570 g/mol.